The molecule has 104 valence electrons. The van der Waals surface area contributed by atoms with Gasteiger partial charge in [0, 0.05) is 16.7 Å². The highest BCUT2D eigenvalue weighted by Gasteiger charge is 2.19. The van der Waals surface area contributed by atoms with Crippen molar-refractivity contribution in [2.24, 2.45) is 0 Å². The summed E-state index contributed by atoms with van der Waals surface area (Å²) in [6.45, 7) is 1.40. The number of aryl methyl sites for hydroxylation is 1. The Morgan fingerprint density at radius 3 is 2.65 bits per heavy atom. The molecule has 0 amide bonds. The van der Waals surface area contributed by atoms with Gasteiger partial charge in [-0.1, -0.05) is 29.8 Å². The summed E-state index contributed by atoms with van der Waals surface area (Å²) in [6.07, 6.45) is 0. The second-order valence-corrected chi connectivity index (χ2v) is 4.56. The van der Waals surface area contributed by atoms with Crippen molar-refractivity contribution < 1.29 is 14.8 Å². The van der Waals surface area contributed by atoms with Gasteiger partial charge in [-0.05, 0) is 24.6 Å². The molecule has 0 aliphatic carbocycles. The van der Waals surface area contributed by atoms with E-state index < -0.39 is 4.92 Å². The lowest BCUT2D eigenvalue weighted by atomic mass is 10.1. The zero-order valence-corrected chi connectivity index (χ0v) is 11.4. The van der Waals surface area contributed by atoms with Crippen LogP contribution in [-0.2, 0) is 6.61 Å². The lowest BCUT2D eigenvalue weighted by Crippen LogP contribution is -1.98. The lowest BCUT2D eigenvalue weighted by molar-refractivity contribution is -0.385. The van der Waals surface area contributed by atoms with Crippen LogP contribution in [0.3, 0.4) is 0 Å². The van der Waals surface area contributed by atoms with E-state index in [9.17, 15) is 15.2 Å². The number of hydrogen-bond donors (Lipinski definition) is 1. The Hall–Kier alpha value is -2.11. The average molecular weight is 294 g/mol. The Balaban J connectivity index is 2.50. The Bertz CT molecular complexity index is 658. The first-order valence-corrected chi connectivity index (χ1v) is 6.22. The van der Waals surface area contributed by atoms with E-state index in [0.717, 1.165) is 0 Å². The highest BCUT2D eigenvalue weighted by atomic mass is 35.5. The number of nitro groups is 1. The van der Waals surface area contributed by atoms with Gasteiger partial charge < -0.3 is 9.84 Å². The summed E-state index contributed by atoms with van der Waals surface area (Å²) in [5, 5.41) is 20.7. The zero-order valence-electron chi connectivity index (χ0n) is 10.7. The van der Waals surface area contributed by atoms with Crippen molar-refractivity contribution in [3.8, 4) is 11.5 Å². The van der Waals surface area contributed by atoms with Crippen LogP contribution in [0, 0.1) is 17.0 Å². The fourth-order valence-corrected chi connectivity index (χ4v) is 2.04. The van der Waals surface area contributed by atoms with Crippen LogP contribution in [-0.4, -0.2) is 10.0 Å². The zero-order chi connectivity index (χ0) is 14.7. The van der Waals surface area contributed by atoms with Crippen molar-refractivity contribution in [1.82, 2.24) is 0 Å². The molecule has 0 radical (unpaired) electrons. The number of nitrogens with zero attached hydrogens (tertiary/aromatic N) is 1. The molecular weight excluding hydrogens is 282 g/mol. The van der Waals surface area contributed by atoms with Crippen LogP contribution in [0.25, 0.3) is 0 Å². The number of halogens is 1. The van der Waals surface area contributed by atoms with E-state index in [0.29, 0.717) is 21.9 Å². The van der Waals surface area contributed by atoms with E-state index in [1.54, 1.807) is 37.3 Å². The second-order valence-electron chi connectivity index (χ2n) is 4.16. The third-order valence-corrected chi connectivity index (χ3v) is 3.19. The van der Waals surface area contributed by atoms with Gasteiger partial charge in [0.05, 0.1) is 11.5 Å². The molecule has 0 aliphatic rings. The number of benzene rings is 2. The Morgan fingerprint density at radius 1 is 1.30 bits per heavy atom. The molecule has 0 spiro atoms. The molecule has 0 saturated heterocycles. The van der Waals surface area contributed by atoms with Crippen LogP contribution >= 0.6 is 11.6 Å². The molecule has 5 nitrogen and oxygen atoms in total. The summed E-state index contributed by atoms with van der Waals surface area (Å²) in [4.78, 5) is 10.5. The third kappa shape index (κ3) is 2.74. The summed E-state index contributed by atoms with van der Waals surface area (Å²) in [7, 11) is 0. The van der Waals surface area contributed by atoms with Gasteiger partial charge in [-0.3, -0.25) is 10.1 Å². The fourth-order valence-electron chi connectivity index (χ4n) is 1.81. The van der Waals surface area contributed by atoms with Crippen LogP contribution in [0.1, 0.15) is 11.1 Å². The predicted octanol–water partition coefficient (Wildman–Crippen LogP) is 3.84. The standard InChI is InChI=1S/C14H12ClNO4/c1-9-4-2-6-12(16(18)19)14(9)20-13-7-3-5-11(15)10(13)8-17/h2-7,17H,8H2,1H3. The van der Waals surface area contributed by atoms with Crippen molar-refractivity contribution in [3.63, 3.8) is 0 Å². The van der Waals surface area contributed by atoms with E-state index in [1.165, 1.54) is 6.07 Å². The summed E-state index contributed by atoms with van der Waals surface area (Å²) in [6, 6.07) is 9.54. The van der Waals surface area contributed by atoms with Crippen LogP contribution in [0.15, 0.2) is 36.4 Å². The van der Waals surface area contributed by atoms with E-state index >= 15 is 0 Å². The first-order valence-electron chi connectivity index (χ1n) is 5.84. The molecule has 2 aromatic carbocycles. The van der Waals surface area contributed by atoms with Gasteiger partial charge in [0.25, 0.3) is 0 Å². The first-order chi connectivity index (χ1) is 9.54. The molecule has 0 aliphatic heterocycles. The number of hydrogen-bond acceptors (Lipinski definition) is 4. The molecule has 0 saturated carbocycles. The SMILES string of the molecule is Cc1cccc([N+](=O)[O-])c1Oc1cccc(Cl)c1CO. The van der Waals surface area contributed by atoms with Gasteiger partial charge >= 0.3 is 5.69 Å². The molecule has 2 aromatic rings. The minimum Gasteiger partial charge on any atom is -0.449 e. The number of aliphatic hydroxyl groups is 1. The van der Waals surface area contributed by atoms with Gasteiger partial charge in [-0.15, -0.1) is 0 Å². The maximum Gasteiger partial charge on any atom is 0.311 e. The number of aliphatic hydroxyl groups excluding tert-OH is 1. The summed E-state index contributed by atoms with van der Waals surface area (Å²) in [5.41, 5.74) is 0.892. The van der Waals surface area contributed by atoms with E-state index in [2.05, 4.69) is 0 Å². The van der Waals surface area contributed by atoms with E-state index in [-0.39, 0.29) is 18.0 Å². The van der Waals surface area contributed by atoms with Gasteiger partial charge in [0.2, 0.25) is 5.75 Å². The Labute approximate surface area is 120 Å². The Morgan fingerprint density at radius 2 is 2.00 bits per heavy atom. The highest BCUT2D eigenvalue weighted by Crippen LogP contribution is 2.37. The highest BCUT2D eigenvalue weighted by molar-refractivity contribution is 6.31. The third-order valence-electron chi connectivity index (χ3n) is 2.83. The quantitative estimate of drug-likeness (QED) is 0.686. The molecule has 2 rings (SSSR count). The monoisotopic (exact) mass is 293 g/mol. The van der Waals surface area contributed by atoms with Crippen LogP contribution in [0.5, 0.6) is 11.5 Å². The van der Waals surface area contributed by atoms with Gasteiger partial charge in [-0.25, -0.2) is 0 Å². The van der Waals surface area contributed by atoms with Crippen molar-refractivity contribution in [1.29, 1.82) is 0 Å². The van der Waals surface area contributed by atoms with Crippen LogP contribution in [0.4, 0.5) is 5.69 Å². The van der Waals surface area contributed by atoms with Crippen molar-refractivity contribution >= 4 is 17.3 Å². The number of nitro benzene ring substituents is 1. The maximum atomic E-state index is 11.0. The molecular formula is C14H12ClNO4. The summed E-state index contributed by atoms with van der Waals surface area (Å²) < 4.78 is 5.62. The van der Waals surface area contributed by atoms with Gasteiger partial charge in [-0.2, -0.15) is 0 Å². The smallest absolute Gasteiger partial charge is 0.311 e. The van der Waals surface area contributed by atoms with Crippen molar-refractivity contribution in [3.05, 3.63) is 62.7 Å². The van der Waals surface area contributed by atoms with Crippen molar-refractivity contribution in [2.45, 2.75) is 13.5 Å². The first kappa shape index (κ1) is 14.3. The molecule has 0 unspecified atom stereocenters. The molecule has 0 fully saturated rings. The average Bonchev–Trinajstić information content (AvgIpc) is 2.41. The van der Waals surface area contributed by atoms with Gasteiger partial charge in [0.1, 0.15) is 5.75 Å². The van der Waals surface area contributed by atoms with E-state index in [4.69, 9.17) is 16.3 Å². The lowest BCUT2D eigenvalue weighted by Gasteiger charge is -2.12. The number of para-hydroxylation sites is 1. The fraction of sp³-hybridized carbons (Fsp3) is 0.143. The molecule has 0 heterocycles. The minimum atomic E-state index is -0.508. The van der Waals surface area contributed by atoms with Crippen LogP contribution < -0.4 is 4.74 Å². The predicted molar refractivity (Wildman–Crippen MR) is 75.3 cm³/mol. The Kier molecular flexibility index (Phi) is 4.22. The molecule has 0 bridgehead atoms. The van der Waals surface area contributed by atoms with Crippen molar-refractivity contribution in [2.75, 3.05) is 0 Å². The van der Waals surface area contributed by atoms with Crippen LogP contribution in [0.2, 0.25) is 5.02 Å². The minimum absolute atomic E-state index is 0.131. The topological polar surface area (TPSA) is 72.6 Å². The largest absolute Gasteiger partial charge is 0.449 e. The van der Waals surface area contributed by atoms with Gasteiger partial charge in [0.15, 0.2) is 0 Å². The molecule has 6 heteroatoms. The summed E-state index contributed by atoms with van der Waals surface area (Å²) in [5.74, 6) is 0.451. The second kappa shape index (κ2) is 5.90. The molecule has 1 N–H and O–H groups in total. The molecule has 0 aromatic heterocycles. The molecule has 0 atom stereocenters. The number of rotatable bonds is 4. The van der Waals surface area contributed by atoms with E-state index in [1.807, 2.05) is 0 Å². The molecule has 20 heavy (non-hydrogen) atoms. The number of ether oxygens (including phenoxy) is 1. The normalized spacial score (nSPS) is 10.3. The maximum absolute atomic E-state index is 11.0. The summed E-state index contributed by atoms with van der Waals surface area (Å²) >= 11 is 5.96.